The zero-order chi connectivity index (χ0) is 14.8. The van der Waals surface area contributed by atoms with Gasteiger partial charge in [0, 0.05) is 12.6 Å². The summed E-state index contributed by atoms with van der Waals surface area (Å²) in [4.78, 5) is 0. The molecule has 7 heteroatoms. The Hall–Kier alpha value is -1.34. The van der Waals surface area contributed by atoms with E-state index >= 15 is 0 Å². The molecule has 3 N–H and O–H groups in total. The fraction of sp³-hybridized carbons (Fsp3) is 0.538. The lowest BCUT2D eigenvalue weighted by Gasteiger charge is -2.37. The zero-order valence-corrected chi connectivity index (χ0v) is 12.2. The molecule has 0 radical (unpaired) electrons. The molecule has 1 aliphatic heterocycles. The Balaban J connectivity index is 2.30. The lowest BCUT2D eigenvalue weighted by molar-refractivity contribution is 0.412. The van der Waals surface area contributed by atoms with Crippen molar-refractivity contribution in [3.8, 4) is 5.75 Å². The average molecular weight is 302 g/mol. The van der Waals surface area contributed by atoms with E-state index in [1.165, 1.54) is 25.3 Å². The minimum atomic E-state index is -3.15. The first-order valence-corrected chi connectivity index (χ1v) is 8.24. The van der Waals surface area contributed by atoms with Gasteiger partial charge in [-0.2, -0.15) is 0 Å². The first-order valence-electron chi connectivity index (χ1n) is 6.42. The Labute approximate surface area is 118 Å². The van der Waals surface area contributed by atoms with Crippen molar-refractivity contribution in [2.24, 2.45) is 5.73 Å². The van der Waals surface area contributed by atoms with Crippen LogP contribution in [0.1, 0.15) is 12.8 Å². The number of ether oxygens (including phenoxy) is 1. The van der Waals surface area contributed by atoms with Gasteiger partial charge in [0.05, 0.1) is 29.8 Å². The minimum Gasteiger partial charge on any atom is -0.497 e. The molecule has 1 aromatic carbocycles. The summed E-state index contributed by atoms with van der Waals surface area (Å²) in [5.41, 5.74) is 5.15. The molecule has 1 saturated heterocycles. The van der Waals surface area contributed by atoms with Gasteiger partial charge in [-0.15, -0.1) is 0 Å². The van der Waals surface area contributed by atoms with Crippen molar-refractivity contribution < 1.29 is 17.5 Å². The van der Waals surface area contributed by atoms with Gasteiger partial charge in [-0.1, -0.05) is 0 Å². The lowest BCUT2D eigenvalue weighted by Crippen LogP contribution is -2.54. The highest BCUT2D eigenvalue weighted by atomic mass is 32.2. The van der Waals surface area contributed by atoms with E-state index in [-0.39, 0.29) is 23.7 Å². The quantitative estimate of drug-likeness (QED) is 0.872. The monoisotopic (exact) mass is 302 g/mol. The molecule has 0 bridgehead atoms. The van der Waals surface area contributed by atoms with Gasteiger partial charge in [-0.25, -0.2) is 12.8 Å². The van der Waals surface area contributed by atoms with Gasteiger partial charge in [-0.3, -0.25) is 0 Å². The van der Waals surface area contributed by atoms with Crippen LogP contribution in [0.25, 0.3) is 0 Å². The molecular weight excluding hydrogens is 283 g/mol. The molecule has 1 aromatic rings. The fourth-order valence-corrected chi connectivity index (χ4v) is 4.42. The van der Waals surface area contributed by atoms with Crippen molar-refractivity contribution in [1.29, 1.82) is 0 Å². The summed E-state index contributed by atoms with van der Waals surface area (Å²) in [5.74, 6) is 0.130. The van der Waals surface area contributed by atoms with E-state index in [0.29, 0.717) is 18.6 Å². The lowest BCUT2D eigenvalue weighted by atomic mass is 9.95. The van der Waals surface area contributed by atoms with Gasteiger partial charge >= 0.3 is 0 Å². The van der Waals surface area contributed by atoms with Crippen LogP contribution in [0.2, 0.25) is 0 Å². The normalized spacial score (nSPS) is 25.1. The highest BCUT2D eigenvalue weighted by molar-refractivity contribution is 7.91. The Morgan fingerprint density at radius 3 is 2.85 bits per heavy atom. The van der Waals surface area contributed by atoms with E-state index in [0.717, 1.165) is 0 Å². The number of anilines is 1. The van der Waals surface area contributed by atoms with Gasteiger partial charge in [0.1, 0.15) is 11.6 Å². The predicted octanol–water partition coefficient (Wildman–Crippen LogP) is 1.15. The maximum absolute atomic E-state index is 13.9. The smallest absolute Gasteiger partial charge is 0.152 e. The third kappa shape index (κ3) is 3.21. The third-order valence-corrected chi connectivity index (χ3v) is 5.47. The molecule has 112 valence electrons. The highest BCUT2D eigenvalue weighted by Crippen LogP contribution is 2.29. The number of hydrogen-bond acceptors (Lipinski definition) is 5. The molecule has 5 nitrogen and oxygen atoms in total. The number of benzene rings is 1. The van der Waals surface area contributed by atoms with Crippen LogP contribution in [0, 0.1) is 5.82 Å². The number of nitrogens with two attached hydrogens (primary N) is 1. The van der Waals surface area contributed by atoms with Crippen LogP contribution in [-0.4, -0.2) is 39.1 Å². The first-order chi connectivity index (χ1) is 9.40. The molecule has 1 atom stereocenters. The molecule has 0 saturated carbocycles. The van der Waals surface area contributed by atoms with Crippen LogP contribution >= 0.6 is 0 Å². The molecule has 0 amide bonds. The molecule has 1 aliphatic rings. The van der Waals surface area contributed by atoms with Crippen LogP contribution in [0.4, 0.5) is 10.1 Å². The van der Waals surface area contributed by atoms with Crippen molar-refractivity contribution in [2.75, 3.05) is 30.5 Å². The number of sulfone groups is 1. The Morgan fingerprint density at radius 1 is 1.50 bits per heavy atom. The highest BCUT2D eigenvalue weighted by Gasteiger charge is 2.38. The van der Waals surface area contributed by atoms with E-state index in [1.54, 1.807) is 0 Å². The molecule has 2 rings (SSSR count). The largest absolute Gasteiger partial charge is 0.497 e. The number of rotatable bonds is 4. The molecule has 0 aliphatic carbocycles. The number of halogens is 1. The first kappa shape index (κ1) is 15.1. The standard InChI is InChI=1S/C13H19FN2O3S/c1-19-10-3-4-11(14)12(7-10)16-13(8-15)5-2-6-20(17,18)9-13/h3-4,7,16H,2,5-6,8-9,15H2,1H3. The third-order valence-electron chi connectivity index (χ3n) is 3.57. The second kappa shape index (κ2) is 5.57. The Morgan fingerprint density at radius 2 is 2.25 bits per heavy atom. The molecule has 1 fully saturated rings. The van der Waals surface area contributed by atoms with Gasteiger partial charge in [0.25, 0.3) is 0 Å². The Kier molecular flexibility index (Phi) is 4.19. The summed E-state index contributed by atoms with van der Waals surface area (Å²) in [6, 6.07) is 4.30. The van der Waals surface area contributed by atoms with Crippen LogP contribution in [0.3, 0.4) is 0 Å². The summed E-state index contributed by atoms with van der Waals surface area (Å²) >= 11 is 0. The molecule has 1 heterocycles. The van der Waals surface area contributed by atoms with Crippen molar-refractivity contribution in [3.63, 3.8) is 0 Å². The van der Waals surface area contributed by atoms with E-state index in [2.05, 4.69) is 5.32 Å². The molecule has 0 aromatic heterocycles. The van der Waals surface area contributed by atoms with E-state index in [9.17, 15) is 12.8 Å². The van der Waals surface area contributed by atoms with Gasteiger partial charge in [-0.05, 0) is 25.0 Å². The van der Waals surface area contributed by atoms with Crippen LogP contribution in [-0.2, 0) is 9.84 Å². The van der Waals surface area contributed by atoms with Crippen LogP contribution in [0.15, 0.2) is 18.2 Å². The molecule has 0 spiro atoms. The fourth-order valence-electron chi connectivity index (χ4n) is 2.52. The molecular formula is C13H19FN2O3S. The van der Waals surface area contributed by atoms with Gasteiger partial charge in [0.2, 0.25) is 0 Å². The second-order valence-electron chi connectivity index (χ2n) is 5.15. The topological polar surface area (TPSA) is 81.4 Å². The molecule has 20 heavy (non-hydrogen) atoms. The van der Waals surface area contributed by atoms with E-state index in [4.69, 9.17) is 10.5 Å². The Bertz CT molecular complexity index is 591. The van der Waals surface area contributed by atoms with Crippen molar-refractivity contribution in [3.05, 3.63) is 24.0 Å². The summed E-state index contributed by atoms with van der Waals surface area (Å²) in [5, 5.41) is 2.98. The van der Waals surface area contributed by atoms with Crippen LogP contribution < -0.4 is 15.8 Å². The average Bonchev–Trinajstić information content (AvgIpc) is 2.40. The van der Waals surface area contributed by atoms with Crippen molar-refractivity contribution in [2.45, 2.75) is 18.4 Å². The SMILES string of the molecule is COc1ccc(F)c(NC2(CN)CCCS(=O)(=O)C2)c1. The summed E-state index contributed by atoms with van der Waals surface area (Å²) in [7, 11) is -1.66. The number of hydrogen-bond donors (Lipinski definition) is 2. The van der Waals surface area contributed by atoms with Gasteiger partial charge in [0.15, 0.2) is 9.84 Å². The number of methoxy groups -OCH3 is 1. The van der Waals surface area contributed by atoms with E-state index < -0.39 is 21.2 Å². The predicted molar refractivity (Wildman–Crippen MR) is 76.2 cm³/mol. The number of nitrogens with one attached hydrogen (secondary N) is 1. The maximum Gasteiger partial charge on any atom is 0.152 e. The van der Waals surface area contributed by atoms with Crippen molar-refractivity contribution >= 4 is 15.5 Å². The van der Waals surface area contributed by atoms with Crippen molar-refractivity contribution in [1.82, 2.24) is 0 Å². The molecule has 1 unspecified atom stereocenters. The van der Waals surface area contributed by atoms with Gasteiger partial charge < -0.3 is 15.8 Å². The summed E-state index contributed by atoms with van der Waals surface area (Å²) in [6.45, 7) is 0.128. The van der Waals surface area contributed by atoms with Crippen LogP contribution in [0.5, 0.6) is 5.75 Å². The second-order valence-corrected chi connectivity index (χ2v) is 7.33. The summed E-state index contributed by atoms with van der Waals surface area (Å²) in [6.07, 6.45) is 1.12. The maximum atomic E-state index is 13.9. The summed E-state index contributed by atoms with van der Waals surface area (Å²) < 4.78 is 42.5. The van der Waals surface area contributed by atoms with E-state index in [1.807, 2.05) is 0 Å². The zero-order valence-electron chi connectivity index (χ0n) is 11.4. The minimum absolute atomic E-state index is 0.0762.